The predicted octanol–water partition coefficient (Wildman–Crippen LogP) is 5.71. The third-order valence-corrected chi connectivity index (χ3v) is 21.6. The van der Waals surface area contributed by atoms with Gasteiger partial charge in [-0.1, -0.05) is 0 Å². The van der Waals surface area contributed by atoms with Crippen molar-refractivity contribution in [3.8, 4) is 0 Å². The maximum atomic E-state index is 2.65. The second-order valence-electron chi connectivity index (χ2n) is 6.85. The molecular weight excluding hydrogens is 287 g/mol. The molecular formula is C14H32Sn. The molecule has 15 heavy (non-hydrogen) atoms. The van der Waals surface area contributed by atoms with Crippen molar-refractivity contribution in [2.24, 2.45) is 5.41 Å². The molecule has 0 radical (unpaired) electrons. The monoisotopic (exact) mass is 320 g/mol. The molecule has 0 N–H and O–H groups in total. The summed E-state index contributed by atoms with van der Waals surface area (Å²) in [5.74, 6) is 0. The molecule has 0 rings (SSSR count). The summed E-state index contributed by atoms with van der Waals surface area (Å²) in [7, 11) is 0. The van der Waals surface area contributed by atoms with E-state index in [1.165, 1.54) is 19.3 Å². The quantitative estimate of drug-likeness (QED) is 0.550. The molecule has 0 aromatic rings. The van der Waals surface area contributed by atoms with Crippen molar-refractivity contribution in [2.75, 3.05) is 0 Å². The van der Waals surface area contributed by atoms with Gasteiger partial charge in [-0.05, 0) is 0 Å². The first-order chi connectivity index (χ1) is 6.62. The zero-order valence-corrected chi connectivity index (χ0v) is 15.2. The van der Waals surface area contributed by atoms with Crippen molar-refractivity contribution in [3.63, 3.8) is 0 Å². The first-order valence-electron chi connectivity index (χ1n) is 6.62. The van der Waals surface area contributed by atoms with Crippen LogP contribution in [0.5, 0.6) is 0 Å². The van der Waals surface area contributed by atoms with Crippen molar-refractivity contribution in [1.82, 2.24) is 0 Å². The van der Waals surface area contributed by atoms with Gasteiger partial charge in [0.05, 0.1) is 0 Å². The fourth-order valence-electron chi connectivity index (χ4n) is 2.29. The molecule has 0 nitrogen and oxygen atoms in total. The van der Waals surface area contributed by atoms with Crippen molar-refractivity contribution in [2.45, 2.75) is 78.6 Å². The van der Waals surface area contributed by atoms with Crippen molar-refractivity contribution >= 4 is 18.4 Å². The van der Waals surface area contributed by atoms with Crippen LogP contribution >= 0.6 is 0 Å². The van der Waals surface area contributed by atoms with Gasteiger partial charge < -0.3 is 0 Å². The Kier molecular flexibility index (Phi) is 5.71. The Labute approximate surface area is 102 Å². The maximum absolute atomic E-state index is 2.65. The van der Waals surface area contributed by atoms with Crippen LogP contribution in [0, 0.1) is 5.41 Å². The van der Waals surface area contributed by atoms with Crippen molar-refractivity contribution in [1.29, 1.82) is 0 Å². The average Bonchev–Trinajstić information content (AvgIpc) is 2.14. The van der Waals surface area contributed by atoms with E-state index in [0.29, 0.717) is 8.85 Å². The Bertz CT molecular complexity index is 190. The number of unbranched alkanes of at least 4 members (excludes halogenated alkanes) is 1. The summed E-state index contributed by atoms with van der Waals surface area (Å²) in [5, 5.41) is 0. The van der Waals surface area contributed by atoms with Crippen LogP contribution < -0.4 is 0 Å². The molecule has 0 aromatic carbocycles. The Hall–Kier alpha value is 0.799. The minimum absolute atomic E-state index is 0.514. The molecule has 0 heterocycles. The van der Waals surface area contributed by atoms with E-state index in [9.17, 15) is 0 Å². The van der Waals surface area contributed by atoms with E-state index in [-0.39, 0.29) is 0 Å². The average molecular weight is 319 g/mol. The molecule has 92 valence electrons. The van der Waals surface area contributed by atoms with E-state index in [1.54, 1.807) is 4.44 Å². The summed E-state index contributed by atoms with van der Waals surface area (Å²) >= 11 is -1.90. The van der Waals surface area contributed by atoms with Crippen molar-refractivity contribution < 1.29 is 0 Å². The molecule has 0 unspecified atom stereocenters. The third-order valence-electron chi connectivity index (χ3n) is 5.42. The molecule has 0 saturated heterocycles. The number of rotatable bonds is 6. The summed E-state index contributed by atoms with van der Waals surface area (Å²) in [6, 6.07) is 0. The fraction of sp³-hybridized carbons (Fsp3) is 1.00. The van der Waals surface area contributed by atoms with Gasteiger partial charge in [0.1, 0.15) is 0 Å². The summed E-state index contributed by atoms with van der Waals surface area (Å²) in [6.07, 6.45) is 4.13. The van der Waals surface area contributed by atoms with E-state index in [0.717, 1.165) is 0 Å². The second-order valence-corrected chi connectivity index (χ2v) is 22.6. The zero-order chi connectivity index (χ0) is 12.3. The standard InChI is InChI=1S/C8H17.C4H9.2CH3.Sn/c1-6-8(4,5)7(2)3;1-3-4-2;;;/h6H2,1-5H3;1,3-4H2,2H3;2*1H3;. The van der Waals surface area contributed by atoms with E-state index in [1.807, 2.05) is 0 Å². The number of hydrogen-bond acceptors (Lipinski definition) is 0. The summed E-state index contributed by atoms with van der Waals surface area (Å²) in [6.45, 7) is 14.7. The summed E-state index contributed by atoms with van der Waals surface area (Å²) < 4.78 is 2.16. The zero-order valence-electron chi connectivity index (χ0n) is 12.3. The summed E-state index contributed by atoms with van der Waals surface area (Å²) in [4.78, 5) is 5.31. The van der Waals surface area contributed by atoms with Crippen molar-refractivity contribution in [3.05, 3.63) is 0 Å². The molecule has 0 bridgehead atoms. The van der Waals surface area contributed by atoms with Gasteiger partial charge >= 0.3 is 102 Å². The van der Waals surface area contributed by atoms with Crippen LogP contribution in [0.3, 0.4) is 0 Å². The van der Waals surface area contributed by atoms with Crippen LogP contribution in [-0.4, -0.2) is 18.4 Å². The molecule has 0 fully saturated rings. The van der Waals surface area contributed by atoms with Crippen LogP contribution in [0.4, 0.5) is 0 Å². The number of hydrogen-bond donors (Lipinski definition) is 0. The molecule has 0 amide bonds. The molecule has 0 aliphatic heterocycles. The molecule has 0 aliphatic rings. The molecule has 0 spiro atoms. The van der Waals surface area contributed by atoms with E-state index in [2.05, 4.69) is 51.4 Å². The first-order valence-corrected chi connectivity index (χ1v) is 15.8. The van der Waals surface area contributed by atoms with Crippen LogP contribution in [0.2, 0.25) is 17.7 Å². The summed E-state index contributed by atoms with van der Waals surface area (Å²) in [5.41, 5.74) is 0.514. The van der Waals surface area contributed by atoms with Crippen LogP contribution in [0.25, 0.3) is 0 Å². The van der Waals surface area contributed by atoms with Gasteiger partial charge in [-0.2, -0.15) is 0 Å². The predicted molar refractivity (Wildman–Crippen MR) is 75.3 cm³/mol. The molecule has 1 heteroatoms. The fourth-order valence-corrected chi connectivity index (χ4v) is 13.3. The van der Waals surface area contributed by atoms with E-state index in [4.69, 9.17) is 0 Å². The van der Waals surface area contributed by atoms with Gasteiger partial charge in [-0.15, -0.1) is 0 Å². The van der Waals surface area contributed by atoms with E-state index >= 15 is 0 Å². The third kappa shape index (κ3) is 3.38. The van der Waals surface area contributed by atoms with Gasteiger partial charge in [-0.3, -0.25) is 0 Å². The van der Waals surface area contributed by atoms with Gasteiger partial charge in [0.2, 0.25) is 0 Å². The van der Waals surface area contributed by atoms with Gasteiger partial charge in [-0.25, -0.2) is 0 Å². The molecule has 0 saturated carbocycles. The molecule has 0 aliphatic carbocycles. The van der Waals surface area contributed by atoms with E-state index < -0.39 is 18.4 Å². The van der Waals surface area contributed by atoms with Crippen LogP contribution in [-0.2, 0) is 0 Å². The minimum atomic E-state index is -1.90. The van der Waals surface area contributed by atoms with Crippen LogP contribution in [0.1, 0.15) is 60.8 Å². The first kappa shape index (κ1) is 15.8. The van der Waals surface area contributed by atoms with Crippen LogP contribution in [0.15, 0.2) is 0 Å². The normalized spacial score (nSPS) is 14.4. The second kappa shape index (κ2) is 5.42. The Balaban J connectivity index is 4.83. The Morgan fingerprint density at radius 2 is 1.40 bits per heavy atom. The molecule has 0 aromatic heterocycles. The SMILES string of the molecule is CCC[CH2][Sn]([CH3])([CH3])[C](C)(C)C(C)(C)CC. The Morgan fingerprint density at radius 3 is 1.73 bits per heavy atom. The Morgan fingerprint density at radius 1 is 0.933 bits per heavy atom. The van der Waals surface area contributed by atoms with Gasteiger partial charge in [0, 0.05) is 0 Å². The topological polar surface area (TPSA) is 0 Å². The molecule has 0 atom stereocenters. The van der Waals surface area contributed by atoms with Gasteiger partial charge in [0.15, 0.2) is 0 Å². The van der Waals surface area contributed by atoms with Gasteiger partial charge in [0.25, 0.3) is 0 Å².